The molecule has 0 aliphatic carbocycles. The Morgan fingerprint density at radius 1 is 1.26 bits per heavy atom. The minimum atomic E-state index is -3.08. The maximum atomic E-state index is 11.3. The highest BCUT2D eigenvalue weighted by Crippen LogP contribution is 2.22. The van der Waals surface area contributed by atoms with Crippen molar-refractivity contribution in [2.75, 3.05) is 18.6 Å². The number of thioether (sulfide) groups is 1. The zero-order chi connectivity index (χ0) is 13.7. The van der Waals surface area contributed by atoms with Crippen molar-refractivity contribution in [2.45, 2.75) is 41.5 Å². The third-order valence-corrected chi connectivity index (χ3v) is 5.57. The Bertz CT molecular complexity index is 491. The van der Waals surface area contributed by atoms with Crippen LogP contribution in [-0.4, -0.2) is 33.0 Å². The van der Waals surface area contributed by atoms with Crippen LogP contribution in [0.25, 0.3) is 0 Å². The van der Waals surface area contributed by atoms with E-state index in [0.717, 1.165) is 17.2 Å². The van der Waals surface area contributed by atoms with Gasteiger partial charge in [0.1, 0.15) is 0 Å². The van der Waals surface area contributed by atoms with Crippen LogP contribution in [-0.2, 0) is 9.84 Å². The van der Waals surface area contributed by atoms with Gasteiger partial charge in [0.25, 0.3) is 0 Å². The molecule has 0 aromatic heterocycles. The summed E-state index contributed by atoms with van der Waals surface area (Å²) in [6.45, 7) is 1.15. The second-order valence-corrected chi connectivity index (χ2v) is 8.21. The van der Waals surface area contributed by atoms with Gasteiger partial charge >= 0.3 is 0 Å². The van der Waals surface area contributed by atoms with Gasteiger partial charge in [0.05, 0.1) is 4.90 Å². The van der Waals surface area contributed by atoms with Crippen molar-refractivity contribution < 1.29 is 8.42 Å². The van der Waals surface area contributed by atoms with E-state index in [2.05, 4.69) is 5.32 Å². The summed E-state index contributed by atoms with van der Waals surface area (Å²) >= 11 is 1.80. The molecule has 5 heteroatoms. The number of rotatable bonds is 5. The van der Waals surface area contributed by atoms with Gasteiger partial charge < -0.3 is 5.32 Å². The highest BCUT2D eigenvalue weighted by atomic mass is 32.2. The Labute approximate surface area is 120 Å². The molecule has 0 saturated carbocycles. The first-order chi connectivity index (χ1) is 9.05. The van der Waals surface area contributed by atoms with E-state index in [4.69, 9.17) is 0 Å². The highest BCUT2D eigenvalue weighted by molar-refractivity contribution is 7.99. The molecule has 0 radical (unpaired) electrons. The Kier molecular flexibility index (Phi) is 5.30. The molecule has 3 nitrogen and oxygen atoms in total. The molecule has 1 aromatic carbocycles. The first kappa shape index (κ1) is 14.9. The van der Waals surface area contributed by atoms with Gasteiger partial charge in [-0.25, -0.2) is 8.42 Å². The van der Waals surface area contributed by atoms with E-state index in [0.29, 0.717) is 10.9 Å². The summed E-state index contributed by atoms with van der Waals surface area (Å²) in [6.07, 6.45) is 6.35. The third-order valence-electron chi connectivity index (χ3n) is 3.40. The fourth-order valence-electron chi connectivity index (χ4n) is 2.27. The smallest absolute Gasteiger partial charge is 0.175 e. The van der Waals surface area contributed by atoms with Gasteiger partial charge in [-0.3, -0.25) is 0 Å². The van der Waals surface area contributed by atoms with E-state index < -0.39 is 9.84 Å². The van der Waals surface area contributed by atoms with Crippen LogP contribution in [0.4, 0.5) is 0 Å². The molecule has 1 aliphatic heterocycles. The molecule has 1 atom stereocenters. The van der Waals surface area contributed by atoms with Crippen LogP contribution < -0.4 is 5.32 Å². The Morgan fingerprint density at radius 2 is 2.00 bits per heavy atom. The first-order valence-electron chi connectivity index (χ1n) is 6.72. The maximum absolute atomic E-state index is 11.3. The fourth-order valence-corrected chi connectivity index (χ4v) is 3.87. The average molecular weight is 299 g/mol. The summed E-state index contributed by atoms with van der Waals surface area (Å²) in [5.41, 5.74) is 0. The van der Waals surface area contributed by atoms with Crippen LogP contribution in [0.2, 0.25) is 0 Å². The minimum absolute atomic E-state index is 0.394. The van der Waals surface area contributed by atoms with Gasteiger partial charge in [-0.2, -0.15) is 0 Å². The van der Waals surface area contributed by atoms with E-state index in [1.165, 1.54) is 31.9 Å². The lowest BCUT2D eigenvalue weighted by molar-refractivity contribution is 0.395. The third kappa shape index (κ3) is 4.82. The zero-order valence-corrected chi connectivity index (χ0v) is 12.9. The predicted molar refractivity (Wildman–Crippen MR) is 80.5 cm³/mol. The number of nitrogens with one attached hydrogen (secondary N) is 1. The molecule has 2 rings (SSSR count). The van der Waals surface area contributed by atoms with Gasteiger partial charge in [0.2, 0.25) is 0 Å². The van der Waals surface area contributed by atoms with Crippen LogP contribution in [0.1, 0.15) is 25.7 Å². The normalized spacial score (nSPS) is 20.4. The van der Waals surface area contributed by atoms with Crippen molar-refractivity contribution in [1.29, 1.82) is 0 Å². The van der Waals surface area contributed by atoms with Crippen LogP contribution >= 0.6 is 11.8 Å². The molecule has 106 valence electrons. The topological polar surface area (TPSA) is 46.2 Å². The molecule has 1 saturated heterocycles. The van der Waals surface area contributed by atoms with E-state index >= 15 is 0 Å². The zero-order valence-electron chi connectivity index (χ0n) is 11.3. The van der Waals surface area contributed by atoms with Gasteiger partial charge in [0, 0.05) is 17.2 Å². The van der Waals surface area contributed by atoms with Gasteiger partial charge in [0.15, 0.2) is 9.84 Å². The number of hydrogen-bond acceptors (Lipinski definition) is 4. The highest BCUT2D eigenvalue weighted by Gasteiger charge is 2.12. The molecular formula is C14H21NO2S2. The molecule has 1 aliphatic rings. The fraction of sp³-hybridized carbons (Fsp3) is 0.571. The monoisotopic (exact) mass is 299 g/mol. The molecule has 1 fully saturated rings. The first-order valence-corrected chi connectivity index (χ1v) is 9.60. The van der Waals surface area contributed by atoms with E-state index in [-0.39, 0.29) is 0 Å². The Balaban J connectivity index is 1.80. The summed E-state index contributed by atoms with van der Waals surface area (Å²) in [5, 5.41) is 3.54. The van der Waals surface area contributed by atoms with Crippen LogP contribution in [0.5, 0.6) is 0 Å². The molecule has 1 unspecified atom stereocenters. The summed E-state index contributed by atoms with van der Waals surface area (Å²) in [4.78, 5) is 1.54. The largest absolute Gasteiger partial charge is 0.314 e. The second kappa shape index (κ2) is 6.77. The SMILES string of the molecule is CS(=O)(=O)c1ccc(SCCC2CCCCN2)cc1. The molecule has 19 heavy (non-hydrogen) atoms. The summed E-state index contributed by atoms with van der Waals surface area (Å²) in [6, 6.07) is 7.84. The van der Waals surface area contributed by atoms with E-state index in [9.17, 15) is 8.42 Å². The average Bonchev–Trinajstić information content (AvgIpc) is 2.39. The summed E-state index contributed by atoms with van der Waals surface area (Å²) in [5.74, 6) is 1.08. The van der Waals surface area contributed by atoms with E-state index in [1.807, 2.05) is 12.1 Å². The quantitative estimate of drug-likeness (QED) is 0.849. The lowest BCUT2D eigenvalue weighted by atomic mass is 10.0. The van der Waals surface area contributed by atoms with Gasteiger partial charge in [-0.1, -0.05) is 6.42 Å². The lowest BCUT2D eigenvalue weighted by Gasteiger charge is -2.23. The number of piperidine rings is 1. The van der Waals surface area contributed by atoms with Crippen molar-refractivity contribution in [3.63, 3.8) is 0 Å². The maximum Gasteiger partial charge on any atom is 0.175 e. The molecule has 1 N–H and O–H groups in total. The van der Waals surface area contributed by atoms with Crippen LogP contribution in [0.15, 0.2) is 34.1 Å². The minimum Gasteiger partial charge on any atom is -0.314 e. The lowest BCUT2D eigenvalue weighted by Crippen LogP contribution is -2.34. The number of hydrogen-bond donors (Lipinski definition) is 1. The van der Waals surface area contributed by atoms with Gasteiger partial charge in [-0.05, 0) is 55.8 Å². The van der Waals surface area contributed by atoms with Gasteiger partial charge in [-0.15, -0.1) is 11.8 Å². The molecule has 1 heterocycles. The standard InChI is InChI=1S/C14H21NO2S2/c1-19(16,17)14-7-5-13(6-8-14)18-11-9-12-4-2-3-10-15-12/h5-8,12,15H,2-4,9-11H2,1H3. The van der Waals surface area contributed by atoms with Crippen molar-refractivity contribution in [1.82, 2.24) is 5.32 Å². The predicted octanol–water partition coefficient (Wildman–Crippen LogP) is 2.71. The molecular weight excluding hydrogens is 278 g/mol. The molecule has 1 aromatic rings. The molecule has 0 bridgehead atoms. The van der Waals surface area contributed by atoms with Crippen molar-refractivity contribution in [3.8, 4) is 0 Å². The number of benzene rings is 1. The summed E-state index contributed by atoms with van der Waals surface area (Å²) in [7, 11) is -3.08. The van der Waals surface area contributed by atoms with E-state index in [1.54, 1.807) is 23.9 Å². The summed E-state index contributed by atoms with van der Waals surface area (Å²) < 4.78 is 22.7. The van der Waals surface area contributed by atoms with Crippen molar-refractivity contribution in [2.24, 2.45) is 0 Å². The van der Waals surface area contributed by atoms with Crippen LogP contribution in [0, 0.1) is 0 Å². The van der Waals surface area contributed by atoms with Crippen LogP contribution in [0.3, 0.4) is 0 Å². The number of sulfone groups is 1. The second-order valence-electron chi connectivity index (χ2n) is 5.03. The Hall–Kier alpha value is -0.520. The molecule has 0 spiro atoms. The Morgan fingerprint density at radius 3 is 2.58 bits per heavy atom. The molecule has 0 amide bonds. The van der Waals surface area contributed by atoms with Crippen molar-refractivity contribution in [3.05, 3.63) is 24.3 Å². The van der Waals surface area contributed by atoms with Crippen molar-refractivity contribution >= 4 is 21.6 Å².